The molecule has 0 aliphatic carbocycles. The van der Waals surface area contributed by atoms with Gasteiger partial charge in [0.1, 0.15) is 5.58 Å². The summed E-state index contributed by atoms with van der Waals surface area (Å²) in [5.41, 5.74) is 12.5. The van der Waals surface area contributed by atoms with Crippen LogP contribution in [0, 0.1) is 23.5 Å². The van der Waals surface area contributed by atoms with Crippen LogP contribution in [-0.2, 0) is 30.9 Å². The molecular weight excluding hydrogens is 839 g/mol. The first-order valence-electron chi connectivity index (χ1n) is 17.9. The summed E-state index contributed by atoms with van der Waals surface area (Å²) in [4.78, 5) is 8.98. The van der Waals surface area contributed by atoms with Gasteiger partial charge in [-0.15, -0.1) is 54.1 Å². The van der Waals surface area contributed by atoms with E-state index >= 15 is 0 Å². The first-order valence-corrected chi connectivity index (χ1v) is 17.9. The summed E-state index contributed by atoms with van der Waals surface area (Å²) in [5, 5.41) is 11.9. The van der Waals surface area contributed by atoms with Crippen LogP contribution in [0.4, 0.5) is 0 Å². The minimum absolute atomic E-state index is 0. The van der Waals surface area contributed by atoms with Crippen molar-refractivity contribution in [1.29, 1.82) is 5.26 Å². The predicted octanol–water partition coefficient (Wildman–Crippen LogP) is 12.8. The normalized spacial score (nSPS) is 11.4. The summed E-state index contributed by atoms with van der Waals surface area (Å²) in [6.07, 6.45) is 3.72. The molecular formula is C49H41IrN3O-2. The number of nitriles is 1. The van der Waals surface area contributed by atoms with Crippen LogP contribution in [0.2, 0.25) is 0 Å². The monoisotopic (exact) mass is 880 g/mol. The van der Waals surface area contributed by atoms with E-state index in [2.05, 4.69) is 130 Å². The van der Waals surface area contributed by atoms with Gasteiger partial charge in [0.2, 0.25) is 0 Å². The Hall–Kier alpha value is -5.66. The first-order chi connectivity index (χ1) is 25.5. The Labute approximate surface area is 331 Å². The number of pyridine rings is 2. The minimum Gasteiger partial charge on any atom is -0.500 e. The van der Waals surface area contributed by atoms with Crippen molar-refractivity contribution in [2.24, 2.45) is 0 Å². The molecule has 3 heterocycles. The molecule has 0 aliphatic rings. The summed E-state index contributed by atoms with van der Waals surface area (Å²) in [7, 11) is 0. The van der Waals surface area contributed by atoms with E-state index in [1.165, 1.54) is 11.1 Å². The van der Waals surface area contributed by atoms with Crippen molar-refractivity contribution in [2.75, 3.05) is 0 Å². The number of hydrogen-bond donors (Lipinski definition) is 0. The number of nitrogens with zero attached hydrogens (tertiary/aromatic N) is 3. The Morgan fingerprint density at radius 3 is 1.81 bits per heavy atom. The van der Waals surface area contributed by atoms with Crippen LogP contribution < -0.4 is 0 Å². The van der Waals surface area contributed by atoms with Crippen LogP contribution in [0.25, 0.3) is 66.7 Å². The topological polar surface area (TPSA) is 62.7 Å². The second kappa shape index (κ2) is 15.7. The molecule has 5 aromatic carbocycles. The van der Waals surface area contributed by atoms with Crippen LogP contribution in [0.15, 0.2) is 144 Å². The van der Waals surface area contributed by atoms with Crippen molar-refractivity contribution in [1.82, 2.24) is 9.97 Å². The van der Waals surface area contributed by atoms with Crippen LogP contribution in [-0.4, -0.2) is 9.97 Å². The molecule has 0 bridgehead atoms. The Kier molecular flexibility index (Phi) is 11.1. The molecule has 0 atom stereocenters. The fraction of sp³-hybridized carbons (Fsp3) is 0.163. The predicted molar refractivity (Wildman–Crippen MR) is 217 cm³/mol. The van der Waals surface area contributed by atoms with E-state index in [0.717, 1.165) is 61.1 Å². The summed E-state index contributed by atoms with van der Waals surface area (Å²) in [6, 6.07) is 51.6. The third-order valence-electron chi connectivity index (χ3n) is 9.52. The second-order valence-electron chi connectivity index (χ2n) is 15.3. The molecule has 8 aromatic rings. The molecule has 1 radical (unpaired) electrons. The Bertz CT molecular complexity index is 2540. The van der Waals surface area contributed by atoms with Gasteiger partial charge in [-0.25, -0.2) is 0 Å². The standard InChI is InChI=1S/C34H25N2O.C15H16N.Ir/c1-34(2,3)26-17-14-23(15-18-26)22-10-12-24(13-11-22)31-25(21-35)16-19-28-27-7-6-8-29(32(27)37-33(28)31)30-9-4-5-20-36-30;1-15(2,3)13-9-10-14(16-11-13)12-7-5-4-6-8-12;/h4-7,9-20H,1-3H3;4-7,9-11H,1-3H3;/q2*-1;. The second-order valence-corrected chi connectivity index (χ2v) is 15.3. The smallest absolute Gasteiger partial charge is 0.130 e. The van der Waals surface area contributed by atoms with Crippen LogP contribution in [0.5, 0.6) is 0 Å². The zero-order chi connectivity index (χ0) is 37.2. The van der Waals surface area contributed by atoms with Gasteiger partial charge in [0.05, 0.1) is 17.2 Å². The van der Waals surface area contributed by atoms with Gasteiger partial charge in [0, 0.05) is 43.4 Å². The summed E-state index contributed by atoms with van der Waals surface area (Å²) in [5.74, 6) is 0. The summed E-state index contributed by atoms with van der Waals surface area (Å²) in [6.45, 7) is 13.2. The van der Waals surface area contributed by atoms with Gasteiger partial charge >= 0.3 is 0 Å². The molecule has 3 aromatic heterocycles. The number of fused-ring (bicyclic) bond motifs is 3. The molecule has 0 amide bonds. The van der Waals surface area contributed by atoms with E-state index in [0.29, 0.717) is 11.1 Å². The average molecular weight is 880 g/mol. The number of rotatable bonds is 4. The Balaban J connectivity index is 0.000000246. The Morgan fingerprint density at radius 2 is 1.22 bits per heavy atom. The maximum Gasteiger partial charge on any atom is 0.130 e. The maximum atomic E-state index is 9.96. The summed E-state index contributed by atoms with van der Waals surface area (Å²) >= 11 is 0. The number of hydrogen-bond acceptors (Lipinski definition) is 4. The van der Waals surface area contributed by atoms with Gasteiger partial charge in [-0.05, 0) is 62.2 Å². The molecule has 0 spiro atoms. The minimum atomic E-state index is 0. The average Bonchev–Trinajstić information content (AvgIpc) is 3.57. The molecule has 4 nitrogen and oxygen atoms in total. The third kappa shape index (κ3) is 7.97. The van der Waals surface area contributed by atoms with E-state index in [9.17, 15) is 5.26 Å². The van der Waals surface area contributed by atoms with Crippen LogP contribution >= 0.6 is 0 Å². The van der Waals surface area contributed by atoms with Crippen molar-refractivity contribution >= 4 is 21.9 Å². The van der Waals surface area contributed by atoms with Gasteiger partial charge in [0.15, 0.2) is 0 Å². The van der Waals surface area contributed by atoms with Crippen molar-refractivity contribution < 1.29 is 24.5 Å². The molecule has 5 heteroatoms. The molecule has 0 fully saturated rings. The molecule has 269 valence electrons. The molecule has 8 rings (SSSR count). The molecule has 54 heavy (non-hydrogen) atoms. The molecule has 0 aliphatic heterocycles. The molecule has 0 N–H and O–H groups in total. The Morgan fingerprint density at radius 1 is 0.574 bits per heavy atom. The molecule has 0 unspecified atom stereocenters. The third-order valence-corrected chi connectivity index (χ3v) is 9.52. The number of aromatic nitrogens is 2. The van der Waals surface area contributed by atoms with E-state index in [4.69, 9.17) is 4.42 Å². The van der Waals surface area contributed by atoms with Gasteiger partial charge < -0.3 is 14.4 Å². The fourth-order valence-electron chi connectivity index (χ4n) is 6.43. The molecule has 0 saturated carbocycles. The van der Waals surface area contributed by atoms with Crippen LogP contribution in [0.1, 0.15) is 58.2 Å². The number of benzene rings is 5. The van der Waals surface area contributed by atoms with Crippen molar-refractivity contribution in [3.63, 3.8) is 0 Å². The van der Waals surface area contributed by atoms with E-state index < -0.39 is 0 Å². The van der Waals surface area contributed by atoms with E-state index in [1.807, 2.05) is 72.9 Å². The van der Waals surface area contributed by atoms with Crippen LogP contribution in [0.3, 0.4) is 0 Å². The fourth-order valence-corrected chi connectivity index (χ4v) is 6.43. The van der Waals surface area contributed by atoms with Crippen molar-refractivity contribution in [2.45, 2.75) is 52.4 Å². The SMILES string of the molecule is CC(C)(C)c1ccc(-c2[c-]cccc2)nc1.CC(C)(C)c1ccc(-c2ccc(-c3c(C#N)ccc4c3oc3c(-c5ccccn5)[c-]ccc34)cc2)cc1.[Ir]. The van der Waals surface area contributed by atoms with Gasteiger partial charge in [0.25, 0.3) is 0 Å². The van der Waals surface area contributed by atoms with Crippen molar-refractivity contribution in [3.8, 4) is 50.8 Å². The van der Waals surface area contributed by atoms with E-state index in [1.54, 1.807) is 6.20 Å². The molecule has 0 saturated heterocycles. The zero-order valence-electron chi connectivity index (χ0n) is 31.4. The number of furan rings is 1. The summed E-state index contributed by atoms with van der Waals surface area (Å²) < 4.78 is 6.50. The van der Waals surface area contributed by atoms with Gasteiger partial charge in [-0.3, -0.25) is 0 Å². The zero-order valence-corrected chi connectivity index (χ0v) is 33.8. The quantitative estimate of drug-likeness (QED) is 0.165. The van der Waals surface area contributed by atoms with Crippen molar-refractivity contribution in [3.05, 3.63) is 169 Å². The maximum absolute atomic E-state index is 9.96. The van der Waals surface area contributed by atoms with Gasteiger partial charge in [-0.2, -0.15) is 5.26 Å². The largest absolute Gasteiger partial charge is 0.500 e. The first kappa shape index (κ1) is 38.1. The van der Waals surface area contributed by atoms with Gasteiger partial charge in [-0.1, -0.05) is 131 Å². The van der Waals surface area contributed by atoms with E-state index in [-0.39, 0.29) is 30.9 Å².